The minimum absolute atomic E-state index is 0.000872. The van der Waals surface area contributed by atoms with Crippen LogP contribution < -0.4 is 10.2 Å². The van der Waals surface area contributed by atoms with Crippen LogP contribution in [0.4, 0.5) is 0 Å². The van der Waals surface area contributed by atoms with E-state index in [4.69, 9.17) is 9.15 Å². The molecule has 3 nitrogen and oxygen atoms in total. The molecule has 24 heavy (non-hydrogen) atoms. The van der Waals surface area contributed by atoms with Crippen LogP contribution in [0, 0.1) is 6.92 Å². The monoisotopic (exact) mass is 386 g/mol. The molecule has 0 unspecified atom stereocenters. The van der Waals surface area contributed by atoms with Crippen molar-refractivity contribution >= 4 is 26.9 Å². The van der Waals surface area contributed by atoms with E-state index in [2.05, 4.69) is 15.9 Å². The van der Waals surface area contributed by atoms with Crippen molar-refractivity contribution in [3.63, 3.8) is 0 Å². The minimum Gasteiger partial charge on any atom is -0.493 e. The number of rotatable bonds is 6. The summed E-state index contributed by atoms with van der Waals surface area (Å²) >= 11 is 3.41. The number of alkyl halides is 1. The topological polar surface area (TPSA) is 39.4 Å². The van der Waals surface area contributed by atoms with Crippen molar-refractivity contribution in [2.45, 2.75) is 19.8 Å². The lowest BCUT2D eigenvalue weighted by Crippen LogP contribution is -2.07. The van der Waals surface area contributed by atoms with Gasteiger partial charge >= 0.3 is 0 Å². The van der Waals surface area contributed by atoms with Gasteiger partial charge in [0.05, 0.1) is 12.0 Å². The van der Waals surface area contributed by atoms with Crippen molar-refractivity contribution in [1.82, 2.24) is 0 Å². The van der Waals surface area contributed by atoms with E-state index in [1.165, 1.54) is 0 Å². The first-order valence-corrected chi connectivity index (χ1v) is 9.14. The normalized spacial score (nSPS) is 10.9. The quantitative estimate of drug-likeness (QED) is 0.424. The number of benzene rings is 2. The Kier molecular flexibility index (Phi) is 5.36. The molecular weight excluding hydrogens is 368 g/mol. The first-order chi connectivity index (χ1) is 11.7. The Morgan fingerprint density at radius 3 is 2.62 bits per heavy atom. The Morgan fingerprint density at radius 1 is 1.08 bits per heavy atom. The molecule has 124 valence electrons. The van der Waals surface area contributed by atoms with Crippen LogP contribution in [0.25, 0.3) is 22.3 Å². The largest absolute Gasteiger partial charge is 0.493 e. The summed E-state index contributed by atoms with van der Waals surface area (Å²) in [5.74, 6) is 1.34. The van der Waals surface area contributed by atoms with Crippen LogP contribution in [0.2, 0.25) is 0 Å². The third-order valence-corrected chi connectivity index (χ3v) is 4.48. The molecule has 0 radical (unpaired) electrons. The maximum atomic E-state index is 12.6. The molecule has 0 saturated heterocycles. The molecule has 0 aliphatic carbocycles. The highest BCUT2D eigenvalue weighted by Crippen LogP contribution is 2.27. The van der Waals surface area contributed by atoms with Crippen molar-refractivity contribution < 1.29 is 9.15 Å². The molecular formula is C20H19BrO3. The van der Waals surface area contributed by atoms with Gasteiger partial charge in [-0.1, -0.05) is 46.3 Å². The Bertz CT molecular complexity index is 885. The van der Waals surface area contributed by atoms with Gasteiger partial charge in [-0.3, -0.25) is 4.79 Å². The molecule has 0 spiro atoms. The number of ether oxygens (including phenoxy) is 1. The highest BCUT2D eigenvalue weighted by molar-refractivity contribution is 9.09. The predicted octanol–water partition coefficient (Wildman–Crippen LogP) is 5.32. The smallest absolute Gasteiger partial charge is 0.196 e. The van der Waals surface area contributed by atoms with Gasteiger partial charge < -0.3 is 9.15 Å². The van der Waals surface area contributed by atoms with E-state index in [1.807, 2.05) is 36.4 Å². The van der Waals surface area contributed by atoms with Crippen LogP contribution in [0.15, 0.2) is 57.7 Å². The van der Waals surface area contributed by atoms with Gasteiger partial charge in [0.25, 0.3) is 0 Å². The third-order valence-electron chi connectivity index (χ3n) is 3.92. The van der Waals surface area contributed by atoms with Crippen LogP contribution >= 0.6 is 15.9 Å². The Balaban J connectivity index is 1.99. The second kappa shape index (κ2) is 7.67. The van der Waals surface area contributed by atoms with Crippen molar-refractivity contribution in [3.05, 3.63) is 64.3 Å². The molecule has 0 amide bonds. The van der Waals surface area contributed by atoms with Gasteiger partial charge in [0.15, 0.2) is 5.43 Å². The fourth-order valence-corrected chi connectivity index (χ4v) is 3.00. The van der Waals surface area contributed by atoms with Gasteiger partial charge in [-0.05, 0) is 31.9 Å². The minimum atomic E-state index is 0.000872. The Morgan fingerprint density at radius 2 is 1.88 bits per heavy atom. The third kappa shape index (κ3) is 3.54. The summed E-state index contributed by atoms with van der Waals surface area (Å²) in [6.45, 7) is 2.46. The number of halogens is 1. The van der Waals surface area contributed by atoms with Crippen LogP contribution in [0.5, 0.6) is 5.75 Å². The zero-order valence-corrected chi connectivity index (χ0v) is 15.1. The van der Waals surface area contributed by atoms with Crippen LogP contribution in [-0.2, 0) is 0 Å². The molecule has 0 aliphatic rings. The molecule has 3 rings (SSSR count). The summed E-state index contributed by atoms with van der Waals surface area (Å²) in [6, 6.07) is 15.1. The van der Waals surface area contributed by atoms with Crippen LogP contribution in [0.3, 0.4) is 0 Å². The Labute approximate surface area is 149 Å². The van der Waals surface area contributed by atoms with Gasteiger partial charge in [-0.25, -0.2) is 0 Å². The lowest BCUT2D eigenvalue weighted by atomic mass is 10.1. The summed E-state index contributed by atoms with van der Waals surface area (Å²) < 4.78 is 11.8. The van der Waals surface area contributed by atoms with E-state index >= 15 is 0 Å². The van der Waals surface area contributed by atoms with Crippen LogP contribution in [-0.4, -0.2) is 11.9 Å². The average molecular weight is 387 g/mol. The molecule has 0 bridgehead atoms. The van der Waals surface area contributed by atoms with E-state index in [9.17, 15) is 4.79 Å². The SMILES string of the molecule is Cc1c(-c2ccccc2)oc2cc(OCCCCBr)ccc2c1=O. The highest BCUT2D eigenvalue weighted by atomic mass is 79.9. The number of unbranched alkanes of at least 4 members (excludes halogenated alkanes) is 1. The van der Waals surface area contributed by atoms with E-state index in [-0.39, 0.29) is 5.43 Å². The fraction of sp³-hybridized carbons (Fsp3) is 0.250. The summed E-state index contributed by atoms with van der Waals surface area (Å²) in [5.41, 5.74) is 2.08. The summed E-state index contributed by atoms with van der Waals surface area (Å²) in [5, 5.41) is 1.56. The molecule has 0 N–H and O–H groups in total. The van der Waals surface area contributed by atoms with E-state index in [0.29, 0.717) is 28.9 Å². The van der Waals surface area contributed by atoms with Crippen molar-refractivity contribution in [1.29, 1.82) is 0 Å². The van der Waals surface area contributed by atoms with Gasteiger partial charge in [0, 0.05) is 22.5 Å². The van der Waals surface area contributed by atoms with Crippen LogP contribution in [0.1, 0.15) is 18.4 Å². The first kappa shape index (κ1) is 16.8. The van der Waals surface area contributed by atoms with Crippen molar-refractivity contribution in [3.8, 4) is 17.1 Å². The lowest BCUT2D eigenvalue weighted by molar-refractivity contribution is 0.310. The van der Waals surface area contributed by atoms with Gasteiger partial charge in [-0.2, -0.15) is 0 Å². The predicted molar refractivity (Wildman–Crippen MR) is 101 cm³/mol. The first-order valence-electron chi connectivity index (χ1n) is 8.02. The van der Waals surface area contributed by atoms with Gasteiger partial charge in [-0.15, -0.1) is 0 Å². The number of hydrogen-bond acceptors (Lipinski definition) is 3. The molecule has 0 aliphatic heterocycles. The van der Waals surface area contributed by atoms with E-state index in [0.717, 1.165) is 29.5 Å². The molecule has 0 saturated carbocycles. The number of fused-ring (bicyclic) bond motifs is 1. The van der Waals surface area contributed by atoms with Gasteiger partial charge in [0.1, 0.15) is 17.1 Å². The molecule has 1 heterocycles. The maximum absolute atomic E-state index is 12.6. The van der Waals surface area contributed by atoms with E-state index in [1.54, 1.807) is 19.1 Å². The van der Waals surface area contributed by atoms with Gasteiger partial charge in [0.2, 0.25) is 0 Å². The zero-order chi connectivity index (χ0) is 16.9. The lowest BCUT2D eigenvalue weighted by Gasteiger charge is -2.09. The zero-order valence-electron chi connectivity index (χ0n) is 13.5. The summed E-state index contributed by atoms with van der Waals surface area (Å²) in [7, 11) is 0. The summed E-state index contributed by atoms with van der Waals surface area (Å²) in [6.07, 6.45) is 2.05. The molecule has 1 aromatic heterocycles. The number of hydrogen-bond donors (Lipinski definition) is 0. The second-order valence-corrected chi connectivity index (χ2v) is 6.45. The molecule has 0 atom stereocenters. The average Bonchev–Trinajstić information content (AvgIpc) is 2.62. The van der Waals surface area contributed by atoms with E-state index < -0.39 is 0 Å². The van der Waals surface area contributed by atoms with Crippen molar-refractivity contribution in [2.75, 3.05) is 11.9 Å². The molecule has 3 aromatic rings. The molecule has 0 fully saturated rings. The fourth-order valence-electron chi connectivity index (χ4n) is 2.61. The molecule has 2 aromatic carbocycles. The standard InChI is InChI=1S/C20H19BrO3/c1-14-19(22)17-10-9-16(23-12-6-5-11-21)13-18(17)24-20(14)15-7-3-2-4-8-15/h2-4,7-10,13H,5-6,11-12H2,1H3. The maximum Gasteiger partial charge on any atom is 0.196 e. The second-order valence-electron chi connectivity index (χ2n) is 5.65. The molecule has 4 heteroatoms. The Hall–Kier alpha value is -2.07. The highest BCUT2D eigenvalue weighted by Gasteiger charge is 2.13. The summed E-state index contributed by atoms with van der Waals surface area (Å²) in [4.78, 5) is 12.6. The van der Waals surface area contributed by atoms with Crippen molar-refractivity contribution in [2.24, 2.45) is 0 Å².